The molecule has 130 valence electrons. The molecule has 2 atom stereocenters. The number of amides is 3. The van der Waals surface area contributed by atoms with E-state index in [0.717, 1.165) is 18.5 Å². The van der Waals surface area contributed by atoms with Crippen LogP contribution in [0.2, 0.25) is 0 Å². The van der Waals surface area contributed by atoms with Crippen LogP contribution in [-0.2, 0) is 14.4 Å². The van der Waals surface area contributed by atoms with Gasteiger partial charge in [0.25, 0.3) is 0 Å². The predicted molar refractivity (Wildman–Crippen MR) is 93.7 cm³/mol. The molecule has 6 heteroatoms. The second kappa shape index (κ2) is 7.95. The van der Waals surface area contributed by atoms with Gasteiger partial charge in [0.1, 0.15) is 0 Å². The van der Waals surface area contributed by atoms with Crippen molar-refractivity contribution in [2.24, 2.45) is 5.92 Å². The lowest BCUT2D eigenvalue weighted by molar-refractivity contribution is -0.126. The van der Waals surface area contributed by atoms with Crippen LogP contribution in [0.4, 0.5) is 11.4 Å². The molecule has 0 bridgehead atoms. The SMILES string of the molecule is CCC[C@@H](C)NC(=O)[C@@H]1CC(=O)N(c2ccc(NC(C)=O)cc2)C1. The fourth-order valence-corrected chi connectivity index (χ4v) is 2.93. The number of carbonyl (C=O) groups excluding carboxylic acids is 3. The Morgan fingerprint density at radius 1 is 1.29 bits per heavy atom. The molecule has 0 aliphatic carbocycles. The quantitative estimate of drug-likeness (QED) is 0.839. The molecule has 6 nitrogen and oxygen atoms in total. The van der Waals surface area contributed by atoms with Crippen molar-refractivity contribution in [1.29, 1.82) is 0 Å². The van der Waals surface area contributed by atoms with Gasteiger partial charge in [-0.1, -0.05) is 13.3 Å². The van der Waals surface area contributed by atoms with Crippen molar-refractivity contribution in [3.8, 4) is 0 Å². The van der Waals surface area contributed by atoms with Crippen molar-refractivity contribution in [3.05, 3.63) is 24.3 Å². The summed E-state index contributed by atoms with van der Waals surface area (Å²) in [4.78, 5) is 37.2. The molecule has 24 heavy (non-hydrogen) atoms. The van der Waals surface area contributed by atoms with Crippen LogP contribution in [0.25, 0.3) is 0 Å². The van der Waals surface area contributed by atoms with Crippen molar-refractivity contribution < 1.29 is 14.4 Å². The van der Waals surface area contributed by atoms with Gasteiger partial charge in [-0.25, -0.2) is 0 Å². The van der Waals surface area contributed by atoms with Gasteiger partial charge in [-0.3, -0.25) is 14.4 Å². The third-order valence-electron chi connectivity index (χ3n) is 4.11. The van der Waals surface area contributed by atoms with Crippen molar-refractivity contribution in [1.82, 2.24) is 5.32 Å². The van der Waals surface area contributed by atoms with Crippen LogP contribution >= 0.6 is 0 Å². The molecule has 3 amide bonds. The maximum Gasteiger partial charge on any atom is 0.227 e. The lowest BCUT2D eigenvalue weighted by Gasteiger charge is -2.18. The maximum atomic E-state index is 12.3. The Morgan fingerprint density at radius 2 is 1.96 bits per heavy atom. The molecular weight excluding hydrogens is 306 g/mol. The van der Waals surface area contributed by atoms with Crippen LogP contribution in [0.15, 0.2) is 24.3 Å². The fraction of sp³-hybridized carbons (Fsp3) is 0.500. The Morgan fingerprint density at radius 3 is 2.54 bits per heavy atom. The minimum Gasteiger partial charge on any atom is -0.353 e. The van der Waals surface area contributed by atoms with E-state index in [0.29, 0.717) is 12.2 Å². The van der Waals surface area contributed by atoms with E-state index in [1.165, 1.54) is 6.92 Å². The first-order valence-corrected chi connectivity index (χ1v) is 8.39. The molecule has 0 unspecified atom stereocenters. The second-order valence-electron chi connectivity index (χ2n) is 6.33. The molecule has 1 aromatic carbocycles. The third-order valence-corrected chi connectivity index (χ3v) is 4.11. The minimum absolute atomic E-state index is 0.0504. The van der Waals surface area contributed by atoms with Crippen molar-refractivity contribution in [2.75, 3.05) is 16.8 Å². The molecule has 1 heterocycles. The highest BCUT2D eigenvalue weighted by Crippen LogP contribution is 2.26. The largest absolute Gasteiger partial charge is 0.353 e. The first-order valence-electron chi connectivity index (χ1n) is 8.39. The lowest BCUT2D eigenvalue weighted by Crippen LogP contribution is -2.38. The summed E-state index contributed by atoms with van der Waals surface area (Å²) in [5.74, 6) is -0.558. The van der Waals surface area contributed by atoms with Gasteiger partial charge in [-0.15, -0.1) is 0 Å². The molecule has 1 aromatic rings. The van der Waals surface area contributed by atoms with E-state index in [4.69, 9.17) is 0 Å². The van der Waals surface area contributed by atoms with Crippen LogP contribution < -0.4 is 15.5 Å². The zero-order chi connectivity index (χ0) is 17.7. The zero-order valence-corrected chi connectivity index (χ0v) is 14.5. The smallest absolute Gasteiger partial charge is 0.227 e. The number of anilines is 2. The topological polar surface area (TPSA) is 78.5 Å². The maximum absolute atomic E-state index is 12.3. The van der Waals surface area contributed by atoms with Gasteiger partial charge >= 0.3 is 0 Å². The number of benzene rings is 1. The summed E-state index contributed by atoms with van der Waals surface area (Å²) in [7, 11) is 0. The van der Waals surface area contributed by atoms with Crippen LogP contribution in [0.3, 0.4) is 0 Å². The molecule has 1 fully saturated rings. The Labute approximate surface area is 142 Å². The Hall–Kier alpha value is -2.37. The average molecular weight is 331 g/mol. The summed E-state index contributed by atoms with van der Waals surface area (Å²) in [5.41, 5.74) is 1.42. The monoisotopic (exact) mass is 331 g/mol. The molecule has 1 aliphatic heterocycles. The summed E-state index contributed by atoms with van der Waals surface area (Å²) in [6.07, 6.45) is 2.18. The fourth-order valence-electron chi connectivity index (χ4n) is 2.93. The van der Waals surface area contributed by atoms with Crippen molar-refractivity contribution in [3.63, 3.8) is 0 Å². The highest BCUT2D eigenvalue weighted by Gasteiger charge is 2.35. The number of hydrogen-bond acceptors (Lipinski definition) is 3. The number of nitrogens with zero attached hydrogens (tertiary/aromatic N) is 1. The van der Waals surface area contributed by atoms with E-state index >= 15 is 0 Å². The van der Waals surface area contributed by atoms with E-state index in [2.05, 4.69) is 17.6 Å². The van der Waals surface area contributed by atoms with Gasteiger partial charge in [-0.2, -0.15) is 0 Å². The van der Waals surface area contributed by atoms with Crippen LogP contribution in [0.5, 0.6) is 0 Å². The zero-order valence-electron chi connectivity index (χ0n) is 14.5. The molecular formula is C18H25N3O3. The van der Waals surface area contributed by atoms with Crippen LogP contribution in [0.1, 0.15) is 40.0 Å². The highest BCUT2D eigenvalue weighted by atomic mass is 16.2. The van der Waals surface area contributed by atoms with Gasteiger partial charge < -0.3 is 15.5 Å². The molecule has 0 spiro atoms. The lowest BCUT2D eigenvalue weighted by atomic mass is 10.1. The van der Waals surface area contributed by atoms with Crippen molar-refractivity contribution >= 4 is 29.1 Å². The molecule has 0 radical (unpaired) electrons. The molecule has 2 rings (SSSR count). The van der Waals surface area contributed by atoms with Gasteiger partial charge in [0.05, 0.1) is 5.92 Å². The number of carbonyl (C=O) groups is 3. The summed E-state index contributed by atoms with van der Waals surface area (Å²) < 4.78 is 0. The first-order chi connectivity index (χ1) is 11.4. The standard InChI is InChI=1S/C18H25N3O3/c1-4-5-12(2)19-18(24)14-10-17(23)21(11-14)16-8-6-15(7-9-16)20-13(3)22/h6-9,12,14H,4-5,10-11H2,1-3H3,(H,19,24)(H,20,22)/t12-,14-/m1/s1. The number of hydrogen-bond donors (Lipinski definition) is 2. The van der Waals surface area contributed by atoms with E-state index in [-0.39, 0.29) is 36.1 Å². The van der Waals surface area contributed by atoms with Gasteiger partial charge in [0.2, 0.25) is 17.7 Å². The predicted octanol–water partition coefficient (Wildman–Crippen LogP) is 2.30. The first kappa shape index (κ1) is 18.0. The normalized spacial score (nSPS) is 18.4. The molecule has 1 saturated heterocycles. The summed E-state index contributed by atoms with van der Waals surface area (Å²) >= 11 is 0. The van der Waals surface area contributed by atoms with E-state index in [1.807, 2.05) is 6.92 Å². The second-order valence-corrected chi connectivity index (χ2v) is 6.33. The van der Waals surface area contributed by atoms with E-state index < -0.39 is 0 Å². The Balaban J connectivity index is 1.99. The van der Waals surface area contributed by atoms with Crippen LogP contribution in [0, 0.1) is 5.92 Å². The minimum atomic E-state index is -0.313. The summed E-state index contributed by atoms with van der Waals surface area (Å²) in [6, 6.07) is 7.19. The molecule has 1 aliphatic rings. The van der Waals surface area contributed by atoms with Crippen LogP contribution in [-0.4, -0.2) is 30.3 Å². The highest BCUT2D eigenvalue weighted by molar-refractivity contribution is 6.00. The molecule has 2 N–H and O–H groups in total. The van der Waals surface area contributed by atoms with Crippen molar-refractivity contribution in [2.45, 2.75) is 46.1 Å². The summed E-state index contributed by atoms with van der Waals surface area (Å²) in [6.45, 7) is 5.90. The van der Waals surface area contributed by atoms with E-state index in [9.17, 15) is 14.4 Å². The van der Waals surface area contributed by atoms with Gasteiger partial charge in [-0.05, 0) is 37.6 Å². The molecule has 0 aromatic heterocycles. The van der Waals surface area contributed by atoms with Gasteiger partial charge in [0, 0.05) is 37.3 Å². The number of rotatable bonds is 6. The number of nitrogens with one attached hydrogen (secondary N) is 2. The Kier molecular flexibility index (Phi) is 5.95. The Bertz CT molecular complexity index is 612. The average Bonchev–Trinajstić information content (AvgIpc) is 2.90. The van der Waals surface area contributed by atoms with Gasteiger partial charge in [0.15, 0.2) is 0 Å². The van der Waals surface area contributed by atoms with E-state index in [1.54, 1.807) is 29.2 Å². The third kappa shape index (κ3) is 4.57. The summed E-state index contributed by atoms with van der Waals surface area (Å²) in [5, 5.41) is 5.67. The molecule has 0 saturated carbocycles.